The van der Waals surface area contributed by atoms with E-state index in [4.69, 9.17) is 9.47 Å². The summed E-state index contributed by atoms with van der Waals surface area (Å²) in [6.07, 6.45) is 3.08. The van der Waals surface area contributed by atoms with Gasteiger partial charge in [-0.25, -0.2) is 0 Å². The fourth-order valence-electron chi connectivity index (χ4n) is 2.73. The standard InChI is InChI=1S/C23H28N2O4/c1-16-13-17(2)15-21(14-16)29-12-11-24-23(27)18(3)25-22(26)10-7-19-5-8-20(28-4)9-6-19/h5-10,13-15,18H,11-12H2,1-4H3,(H,24,27)(H,25,26). The van der Waals surface area contributed by atoms with Crippen LogP contribution in [0.4, 0.5) is 0 Å². The summed E-state index contributed by atoms with van der Waals surface area (Å²) in [6.45, 7) is 6.36. The lowest BCUT2D eigenvalue weighted by Crippen LogP contribution is -2.45. The van der Waals surface area contributed by atoms with E-state index in [1.165, 1.54) is 6.08 Å². The maximum absolute atomic E-state index is 12.1. The highest BCUT2D eigenvalue weighted by Gasteiger charge is 2.13. The van der Waals surface area contributed by atoms with Crippen LogP contribution in [0.25, 0.3) is 6.08 Å². The predicted octanol–water partition coefficient (Wildman–Crippen LogP) is 3.03. The maximum atomic E-state index is 12.1. The molecule has 0 fully saturated rings. The number of rotatable bonds is 9. The summed E-state index contributed by atoms with van der Waals surface area (Å²) in [5.41, 5.74) is 3.12. The fraction of sp³-hybridized carbons (Fsp3) is 0.304. The Balaban J connectivity index is 1.71. The third-order valence-corrected chi connectivity index (χ3v) is 4.16. The molecule has 0 spiro atoms. The second kappa shape index (κ2) is 10.9. The summed E-state index contributed by atoms with van der Waals surface area (Å²) in [5, 5.41) is 5.40. The first kappa shape index (κ1) is 22.0. The van der Waals surface area contributed by atoms with Crippen LogP contribution in [0, 0.1) is 13.8 Å². The number of hydrogen-bond acceptors (Lipinski definition) is 4. The van der Waals surface area contributed by atoms with Gasteiger partial charge in [0.05, 0.1) is 13.7 Å². The van der Waals surface area contributed by atoms with Crippen molar-refractivity contribution in [2.24, 2.45) is 0 Å². The van der Waals surface area contributed by atoms with E-state index in [1.807, 2.05) is 50.2 Å². The van der Waals surface area contributed by atoms with Crippen LogP contribution >= 0.6 is 0 Å². The molecule has 1 atom stereocenters. The van der Waals surface area contributed by atoms with Gasteiger partial charge in [-0.3, -0.25) is 9.59 Å². The van der Waals surface area contributed by atoms with E-state index in [0.717, 1.165) is 28.2 Å². The molecule has 29 heavy (non-hydrogen) atoms. The minimum absolute atomic E-state index is 0.264. The monoisotopic (exact) mass is 396 g/mol. The smallest absolute Gasteiger partial charge is 0.244 e. The van der Waals surface area contributed by atoms with Gasteiger partial charge in [0, 0.05) is 6.08 Å². The normalized spacial score (nSPS) is 11.7. The summed E-state index contributed by atoms with van der Waals surface area (Å²) in [7, 11) is 1.60. The van der Waals surface area contributed by atoms with Crippen LogP contribution < -0.4 is 20.1 Å². The SMILES string of the molecule is COc1ccc(C=CC(=O)NC(C)C(=O)NCCOc2cc(C)cc(C)c2)cc1. The largest absolute Gasteiger partial charge is 0.497 e. The van der Waals surface area contributed by atoms with Crippen LogP contribution in [0.3, 0.4) is 0 Å². The summed E-state index contributed by atoms with van der Waals surface area (Å²) in [6, 6.07) is 12.6. The Morgan fingerprint density at radius 2 is 1.69 bits per heavy atom. The van der Waals surface area contributed by atoms with Crippen molar-refractivity contribution >= 4 is 17.9 Å². The van der Waals surface area contributed by atoms with Gasteiger partial charge >= 0.3 is 0 Å². The summed E-state index contributed by atoms with van der Waals surface area (Å²) in [4.78, 5) is 24.1. The zero-order valence-corrected chi connectivity index (χ0v) is 17.3. The van der Waals surface area contributed by atoms with Crippen molar-refractivity contribution in [2.75, 3.05) is 20.3 Å². The Bertz CT molecular complexity index is 839. The molecule has 0 saturated carbocycles. The molecular weight excluding hydrogens is 368 g/mol. The molecule has 2 N–H and O–H groups in total. The zero-order chi connectivity index (χ0) is 21.2. The van der Waals surface area contributed by atoms with Gasteiger partial charge < -0.3 is 20.1 Å². The molecule has 2 amide bonds. The number of amides is 2. The molecule has 6 nitrogen and oxygen atoms in total. The van der Waals surface area contributed by atoms with Gasteiger partial charge in [0.2, 0.25) is 11.8 Å². The molecule has 0 aliphatic carbocycles. The first-order valence-corrected chi connectivity index (χ1v) is 9.49. The number of carbonyl (C=O) groups is 2. The number of carbonyl (C=O) groups excluding carboxylic acids is 2. The molecule has 2 aromatic carbocycles. The van der Waals surface area contributed by atoms with Crippen molar-refractivity contribution in [2.45, 2.75) is 26.8 Å². The second-order valence-electron chi connectivity index (χ2n) is 6.80. The van der Waals surface area contributed by atoms with Crippen molar-refractivity contribution in [3.63, 3.8) is 0 Å². The molecule has 0 saturated heterocycles. The average Bonchev–Trinajstić information content (AvgIpc) is 2.69. The van der Waals surface area contributed by atoms with Crippen LogP contribution in [0.5, 0.6) is 11.5 Å². The van der Waals surface area contributed by atoms with Gasteiger partial charge in [-0.2, -0.15) is 0 Å². The topological polar surface area (TPSA) is 76.7 Å². The average molecular weight is 396 g/mol. The van der Waals surface area contributed by atoms with Crippen LogP contribution in [0.15, 0.2) is 48.5 Å². The predicted molar refractivity (Wildman–Crippen MR) is 114 cm³/mol. The first-order chi connectivity index (χ1) is 13.9. The molecule has 0 aliphatic heterocycles. The molecule has 0 heterocycles. The molecule has 1 unspecified atom stereocenters. The highest BCUT2D eigenvalue weighted by atomic mass is 16.5. The number of nitrogens with one attached hydrogen (secondary N) is 2. The quantitative estimate of drug-likeness (QED) is 0.505. The van der Waals surface area contributed by atoms with E-state index in [9.17, 15) is 9.59 Å². The highest BCUT2D eigenvalue weighted by molar-refractivity contribution is 5.95. The van der Waals surface area contributed by atoms with E-state index in [2.05, 4.69) is 16.7 Å². The zero-order valence-electron chi connectivity index (χ0n) is 17.3. The Hall–Kier alpha value is -3.28. The summed E-state index contributed by atoms with van der Waals surface area (Å²) < 4.78 is 10.8. The molecule has 154 valence electrons. The van der Waals surface area contributed by atoms with Gasteiger partial charge in [0.15, 0.2) is 0 Å². The molecule has 0 radical (unpaired) electrons. The molecule has 0 aromatic heterocycles. The third kappa shape index (κ3) is 7.70. The lowest BCUT2D eigenvalue weighted by atomic mass is 10.1. The van der Waals surface area contributed by atoms with Gasteiger partial charge in [0.25, 0.3) is 0 Å². The highest BCUT2D eigenvalue weighted by Crippen LogP contribution is 2.15. The lowest BCUT2D eigenvalue weighted by Gasteiger charge is -2.13. The molecule has 0 bridgehead atoms. The van der Waals surface area contributed by atoms with Crippen molar-refractivity contribution in [3.8, 4) is 11.5 Å². The Morgan fingerprint density at radius 1 is 1.03 bits per heavy atom. The number of ether oxygens (including phenoxy) is 2. The molecular formula is C23H28N2O4. The lowest BCUT2D eigenvalue weighted by molar-refractivity contribution is -0.126. The van der Waals surface area contributed by atoms with Crippen molar-refractivity contribution in [1.29, 1.82) is 0 Å². The Labute approximate surface area is 171 Å². The van der Waals surface area contributed by atoms with E-state index in [-0.39, 0.29) is 11.8 Å². The van der Waals surface area contributed by atoms with E-state index >= 15 is 0 Å². The minimum Gasteiger partial charge on any atom is -0.497 e. The molecule has 0 aliphatic rings. The number of methoxy groups -OCH3 is 1. The Kier molecular flexibility index (Phi) is 8.27. The van der Waals surface area contributed by atoms with E-state index in [1.54, 1.807) is 20.1 Å². The van der Waals surface area contributed by atoms with Gasteiger partial charge in [-0.15, -0.1) is 0 Å². The van der Waals surface area contributed by atoms with E-state index in [0.29, 0.717) is 13.2 Å². The van der Waals surface area contributed by atoms with Crippen molar-refractivity contribution < 1.29 is 19.1 Å². The van der Waals surface area contributed by atoms with Crippen LogP contribution in [-0.4, -0.2) is 38.1 Å². The molecule has 2 aromatic rings. The van der Waals surface area contributed by atoms with Gasteiger partial charge in [0.1, 0.15) is 24.1 Å². The van der Waals surface area contributed by atoms with Crippen molar-refractivity contribution in [3.05, 3.63) is 65.2 Å². The van der Waals surface area contributed by atoms with Crippen molar-refractivity contribution in [1.82, 2.24) is 10.6 Å². The van der Waals surface area contributed by atoms with Gasteiger partial charge in [-0.05, 0) is 67.8 Å². The Morgan fingerprint density at radius 3 is 2.31 bits per heavy atom. The van der Waals surface area contributed by atoms with Crippen LogP contribution in [0.2, 0.25) is 0 Å². The third-order valence-electron chi connectivity index (χ3n) is 4.16. The van der Waals surface area contributed by atoms with Gasteiger partial charge in [-0.1, -0.05) is 18.2 Å². The summed E-state index contributed by atoms with van der Waals surface area (Å²) in [5.74, 6) is 0.926. The minimum atomic E-state index is -0.649. The molecule has 2 rings (SSSR count). The fourth-order valence-corrected chi connectivity index (χ4v) is 2.73. The first-order valence-electron chi connectivity index (χ1n) is 9.49. The maximum Gasteiger partial charge on any atom is 0.244 e. The summed E-state index contributed by atoms with van der Waals surface area (Å²) >= 11 is 0. The van der Waals surface area contributed by atoms with Crippen LogP contribution in [0.1, 0.15) is 23.6 Å². The second-order valence-corrected chi connectivity index (χ2v) is 6.80. The van der Waals surface area contributed by atoms with Crippen LogP contribution in [-0.2, 0) is 9.59 Å². The number of benzene rings is 2. The number of hydrogen-bond donors (Lipinski definition) is 2. The molecule has 6 heteroatoms. The number of aryl methyl sites for hydroxylation is 2. The van der Waals surface area contributed by atoms with E-state index < -0.39 is 6.04 Å².